The molecule has 2 rings (SSSR count). The van der Waals surface area contributed by atoms with Crippen molar-refractivity contribution in [2.24, 2.45) is 4.99 Å². The lowest BCUT2D eigenvalue weighted by molar-refractivity contribution is 0.0197. The van der Waals surface area contributed by atoms with Gasteiger partial charge in [-0.1, -0.05) is 18.2 Å². The first kappa shape index (κ1) is 23.3. The first-order chi connectivity index (χ1) is 13.6. The van der Waals surface area contributed by atoms with Gasteiger partial charge in [-0.25, -0.2) is 13.2 Å². The summed E-state index contributed by atoms with van der Waals surface area (Å²) in [5.74, 6) is 0. The topological polar surface area (TPSA) is 79.3 Å². The van der Waals surface area contributed by atoms with Crippen LogP contribution < -0.4 is 0 Å². The van der Waals surface area contributed by atoms with E-state index in [2.05, 4.69) is 4.99 Å². The van der Waals surface area contributed by atoms with Crippen LogP contribution in [0.5, 0.6) is 0 Å². The first-order valence-electron chi connectivity index (χ1n) is 10.1. The van der Waals surface area contributed by atoms with Crippen molar-refractivity contribution in [1.82, 2.24) is 9.21 Å². The highest BCUT2D eigenvalue weighted by molar-refractivity contribution is 7.89. The molecule has 2 atom stereocenters. The van der Waals surface area contributed by atoms with Gasteiger partial charge in [-0.15, -0.1) is 0 Å². The van der Waals surface area contributed by atoms with Gasteiger partial charge in [0, 0.05) is 38.1 Å². The minimum Gasteiger partial charge on any atom is -0.444 e. The van der Waals surface area contributed by atoms with Crippen molar-refractivity contribution in [3.63, 3.8) is 0 Å². The number of amides is 1. The van der Waals surface area contributed by atoms with Crippen molar-refractivity contribution in [1.29, 1.82) is 0 Å². The monoisotopic (exact) mass is 423 g/mol. The van der Waals surface area contributed by atoms with E-state index in [1.54, 1.807) is 45.9 Å². The Bertz CT molecular complexity index is 778. The maximum atomic E-state index is 13.4. The number of nitrogens with zero attached hydrogens (tertiary/aromatic N) is 3. The third kappa shape index (κ3) is 7.12. The van der Waals surface area contributed by atoms with E-state index in [0.29, 0.717) is 32.5 Å². The van der Waals surface area contributed by atoms with E-state index in [1.165, 1.54) is 0 Å². The average molecular weight is 424 g/mol. The number of rotatable bonds is 2. The van der Waals surface area contributed by atoms with Crippen LogP contribution in [0.15, 0.2) is 41.6 Å². The van der Waals surface area contributed by atoms with E-state index in [9.17, 15) is 13.2 Å². The summed E-state index contributed by atoms with van der Waals surface area (Å²) < 4.78 is 33.9. The Kier molecular flexibility index (Phi) is 8.22. The molecule has 29 heavy (non-hydrogen) atoms. The highest BCUT2D eigenvalue weighted by atomic mass is 32.2. The third-order valence-electron chi connectivity index (χ3n) is 4.68. The molecule has 1 unspecified atom stereocenters. The summed E-state index contributed by atoms with van der Waals surface area (Å²) in [4.78, 5) is 18.2. The van der Waals surface area contributed by atoms with Crippen molar-refractivity contribution in [3.05, 3.63) is 36.6 Å². The number of aliphatic imine (C=N–C) groups is 1. The van der Waals surface area contributed by atoms with Gasteiger partial charge in [-0.3, -0.25) is 4.99 Å². The number of carbonyl (C=O) groups excluding carboxylic acids is 1. The van der Waals surface area contributed by atoms with Crippen molar-refractivity contribution in [2.75, 3.05) is 19.6 Å². The Labute approximate surface area is 174 Å². The number of ether oxygens (including phenoxy) is 1. The predicted octanol–water partition coefficient (Wildman–Crippen LogP) is 3.51. The van der Waals surface area contributed by atoms with Crippen LogP contribution in [0, 0.1) is 0 Å². The smallest absolute Gasteiger partial charge is 0.410 e. The van der Waals surface area contributed by atoms with E-state index in [-0.39, 0.29) is 6.04 Å². The zero-order valence-electron chi connectivity index (χ0n) is 17.8. The molecule has 0 aliphatic carbocycles. The fourth-order valence-electron chi connectivity index (χ4n) is 3.30. The maximum absolute atomic E-state index is 13.4. The van der Waals surface area contributed by atoms with Crippen LogP contribution in [0.25, 0.3) is 0 Å². The van der Waals surface area contributed by atoms with Crippen molar-refractivity contribution in [3.8, 4) is 0 Å². The molecule has 1 amide bonds. The summed E-state index contributed by atoms with van der Waals surface area (Å²) in [5.41, 5.74) is -0.585. The Hall–Kier alpha value is -1.93. The lowest BCUT2D eigenvalue weighted by Crippen LogP contribution is -2.52. The molecule has 2 aliphatic heterocycles. The summed E-state index contributed by atoms with van der Waals surface area (Å²) in [7, 11) is -3.59. The van der Waals surface area contributed by atoms with Crippen molar-refractivity contribution >= 4 is 22.3 Å². The third-order valence-corrected chi connectivity index (χ3v) is 6.99. The maximum Gasteiger partial charge on any atom is 0.410 e. The molecule has 7 nitrogen and oxygen atoms in total. The van der Waals surface area contributed by atoms with Crippen molar-refractivity contribution in [2.45, 2.75) is 63.9 Å². The van der Waals surface area contributed by atoms with Gasteiger partial charge in [0.15, 0.2) is 0 Å². The van der Waals surface area contributed by atoms with Gasteiger partial charge in [-0.05, 0) is 59.1 Å². The summed E-state index contributed by atoms with van der Waals surface area (Å²) in [6.07, 6.45) is 13.4. The van der Waals surface area contributed by atoms with E-state index in [1.807, 2.05) is 33.8 Å². The number of carbonyl (C=O) groups is 1. The van der Waals surface area contributed by atoms with Crippen LogP contribution in [-0.4, -0.2) is 66.5 Å². The largest absolute Gasteiger partial charge is 0.444 e. The highest BCUT2D eigenvalue weighted by Gasteiger charge is 2.35. The number of sulfonamides is 1. The molecule has 8 heteroatoms. The number of hydrogen-bond donors (Lipinski definition) is 0. The second kappa shape index (κ2) is 10.2. The molecular weight excluding hydrogens is 390 g/mol. The lowest BCUT2D eigenvalue weighted by atomic mass is 10.2. The van der Waals surface area contributed by atoms with Gasteiger partial charge in [-0.2, -0.15) is 4.31 Å². The predicted molar refractivity (Wildman–Crippen MR) is 116 cm³/mol. The zero-order chi connectivity index (χ0) is 21.5. The van der Waals surface area contributed by atoms with Crippen LogP contribution in [0.4, 0.5) is 4.79 Å². The normalized spacial score (nSPS) is 29.2. The fraction of sp³-hybridized carbons (Fsp3) is 0.619. The molecule has 0 aromatic rings. The molecule has 0 aromatic carbocycles. The molecule has 0 N–H and O–H groups in total. The minimum absolute atomic E-state index is 0.312. The molecule has 0 bridgehead atoms. The quantitative estimate of drug-likeness (QED) is 0.681. The van der Waals surface area contributed by atoms with Crippen LogP contribution in [0.3, 0.4) is 0 Å². The molecular formula is C21H33N3O4S. The van der Waals surface area contributed by atoms with Crippen LogP contribution in [-0.2, 0) is 14.8 Å². The Morgan fingerprint density at radius 2 is 1.86 bits per heavy atom. The molecule has 2 heterocycles. The Morgan fingerprint density at radius 1 is 1.14 bits per heavy atom. The lowest BCUT2D eigenvalue weighted by Gasteiger charge is -2.37. The van der Waals surface area contributed by atoms with Gasteiger partial charge >= 0.3 is 6.09 Å². The van der Waals surface area contributed by atoms with E-state index in [4.69, 9.17) is 4.74 Å². The molecule has 1 fully saturated rings. The second-order valence-corrected chi connectivity index (χ2v) is 10.5. The summed E-state index contributed by atoms with van der Waals surface area (Å²) in [6, 6.07) is -0.335. The van der Waals surface area contributed by atoms with Gasteiger partial charge < -0.3 is 9.64 Å². The van der Waals surface area contributed by atoms with Gasteiger partial charge in [0.05, 0.1) is 5.25 Å². The van der Waals surface area contributed by atoms with E-state index in [0.717, 1.165) is 6.42 Å². The Morgan fingerprint density at radius 3 is 2.59 bits per heavy atom. The van der Waals surface area contributed by atoms with Gasteiger partial charge in [0.2, 0.25) is 10.0 Å². The SMILES string of the molecule is C[C@@H]1CN(C(=O)OC(C)(C)C)CCCCN1S(=O)(=O)C1/C=C/C=C\N=C/C=C/C1. The van der Waals surface area contributed by atoms with Gasteiger partial charge in [0.1, 0.15) is 5.60 Å². The number of hydrogen-bond acceptors (Lipinski definition) is 5. The van der Waals surface area contributed by atoms with Crippen LogP contribution >= 0.6 is 0 Å². The number of allylic oxidation sites excluding steroid dienone is 4. The van der Waals surface area contributed by atoms with Crippen LogP contribution in [0.1, 0.15) is 47.0 Å². The molecule has 1 saturated heterocycles. The summed E-state index contributed by atoms with van der Waals surface area (Å²) in [5, 5.41) is -0.660. The molecule has 0 aromatic heterocycles. The van der Waals surface area contributed by atoms with E-state index < -0.39 is 27.0 Å². The standard InChI is InChI=1S/C21H33N3O4S/c1-18-17-23(20(25)28-21(2,3)4)15-9-10-16-24(18)29(26,27)19-11-5-7-13-22-14-8-6-12-19/h5-8,11,13-14,18-19H,9-10,12,15-17H2,1-4H3/b8-6+,11-5+,13-7-,22-14-/t18-,19?/m1/s1. The molecule has 2 aliphatic rings. The minimum atomic E-state index is -3.59. The molecule has 0 spiro atoms. The Balaban J connectivity index is 2.19. The van der Waals surface area contributed by atoms with Gasteiger partial charge in [0.25, 0.3) is 0 Å². The molecule has 0 saturated carbocycles. The summed E-state index contributed by atoms with van der Waals surface area (Å²) in [6.45, 7) is 8.68. The molecule has 0 radical (unpaired) electrons. The van der Waals surface area contributed by atoms with Crippen LogP contribution in [0.2, 0.25) is 0 Å². The fourth-order valence-corrected chi connectivity index (χ4v) is 5.24. The highest BCUT2D eigenvalue weighted by Crippen LogP contribution is 2.22. The summed E-state index contributed by atoms with van der Waals surface area (Å²) >= 11 is 0. The second-order valence-electron chi connectivity index (χ2n) is 8.37. The average Bonchev–Trinajstić information content (AvgIpc) is 2.60. The molecule has 162 valence electrons. The van der Waals surface area contributed by atoms with Crippen molar-refractivity contribution < 1.29 is 17.9 Å². The zero-order valence-corrected chi connectivity index (χ0v) is 18.6. The first-order valence-corrected chi connectivity index (χ1v) is 11.6. The van der Waals surface area contributed by atoms with E-state index >= 15 is 0 Å².